The molecule has 2 amide bonds. The highest BCUT2D eigenvalue weighted by Crippen LogP contribution is 2.22. The van der Waals surface area contributed by atoms with E-state index in [1.165, 1.54) is 12.3 Å². The van der Waals surface area contributed by atoms with Crippen molar-refractivity contribution in [1.82, 2.24) is 5.32 Å². The highest BCUT2D eigenvalue weighted by Gasteiger charge is 2.27. The Kier molecular flexibility index (Phi) is 6.29. The van der Waals surface area contributed by atoms with Crippen LogP contribution in [0, 0.1) is 5.92 Å². The lowest BCUT2D eigenvalue weighted by Crippen LogP contribution is -2.45. The maximum Gasteiger partial charge on any atom is 0.329 e. The van der Waals surface area contributed by atoms with Gasteiger partial charge < -0.3 is 19.8 Å². The molecule has 3 aromatic rings. The highest BCUT2D eigenvalue weighted by molar-refractivity contribution is 6.03. The summed E-state index contributed by atoms with van der Waals surface area (Å²) in [4.78, 5) is 36.8. The molecular formula is C22H22N2O5. The van der Waals surface area contributed by atoms with Crippen molar-refractivity contribution in [3.63, 3.8) is 0 Å². The Morgan fingerprint density at radius 2 is 1.76 bits per heavy atom. The SMILES string of the molecule is CC(C)[C@H](NC(=O)c1ccco1)C(=O)OCC(=O)Nc1cccc2ccccc12. The molecule has 0 saturated carbocycles. The Hall–Kier alpha value is -3.61. The van der Waals surface area contributed by atoms with Gasteiger partial charge in [0, 0.05) is 11.1 Å². The zero-order valence-electron chi connectivity index (χ0n) is 16.2. The smallest absolute Gasteiger partial charge is 0.329 e. The van der Waals surface area contributed by atoms with Crippen molar-refractivity contribution in [2.24, 2.45) is 5.92 Å². The third-order valence-corrected chi connectivity index (χ3v) is 4.36. The van der Waals surface area contributed by atoms with Crippen LogP contribution in [0.5, 0.6) is 0 Å². The molecule has 0 fully saturated rings. The first kappa shape index (κ1) is 20.1. The molecule has 0 spiro atoms. The summed E-state index contributed by atoms with van der Waals surface area (Å²) in [6.07, 6.45) is 1.37. The number of anilines is 1. The number of carbonyl (C=O) groups excluding carboxylic acids is 3. The molecule has 0 aliphatic heterocycles. The maximum atomic E-state index is 12.4. The molecule has 0 bridgehead atoms. The minimum absolute atomic E-state index is 0.0946. The summed E-state index contributed by atoms with van der Waals surface area (Å²) in [5.41, 5.74) is 0.635. The standard InChI is InChI=1S/C22H22N2O5/c1-14(2)20(24-21(26)18-11-6-12-28-18)22(27)29-13-19(25)23-17-10-5-8-15-7-3-4-9-16(15)17/h3-12,14,20H,13H2,1-2H3,(H,23,25)(H,24,26)/t20-/m0/s1. The highest BCUT2D eigenvalue weighted by atomic mass is 16.5. The third-order valence-electron chi connectivity index (χ3n) is 4.36. The molecule has 3 rings (SSSR count). The van der Waals surface area contributed by atoms with Gasteiger partial charge in [-0.2, -0.15) is 0 Å². The van der Waals surface area contributed by atoms with Crippen LogP contribution in [0.4, 0.5) is 5.69 Å². The van der Waals surface area contributed by atoms with Crippen molar-refractivity contribution < 1.29 is 23.5 Å². The average molecular weight is 394 g/mol. The van der Waals surface area contributed by atoms with Gasteiger partial charge in [0.05, 0.1) is 6.26 Å². The quantitative estimate of drug-likeness (QED) is 0.599. The molecule has 150 valence electrons. The van der Waals surface area contributed by atoms with E-state index in [1.54, 1.807) is 26.0 Å². The van der Waals surface area contributed by atoms with E-state index in [4.69, 9.17) is 9.15 Å². The van der Waals surface area contributed by atoms with E-state index in [0.29, 0.717) is 5.69 Å². The van der Waals surface area contributed by atoms with Crippen LogP contribution in [0.2, 0.25) is 0 Å². The number of furan rings is 1. The van der Waals surface area contributed by atoms with Gasteiger partial charge in [-0.1, -0.05) is 50.2 Å². The number of nitrogens with one attached hydrogen (secondary N) is 2. The van der Waals surface area contributed by atoms with E-state index >= 15 is 0 Å². The molecule has 29 heavy (non-hydrogen) atoms. The number of esters is 1. The van der Waals surface area contributed by atoms with E-state index in [-0.39, 0.29) is 11.7 Å². The number of rotatable bonds is 7. The number of carbonyl (C=O) groups is 3. The Morgan fingerprint density at radius 1 is 1.00 bits per heavy atom. The summed E-state index contributed by atoms with van der Waals surface area (Å²) in [5, 5.41) is 7.21. The topological polar surface area (TPSA) is 97.6 Å². The lowest BCUT2D eigenvalue weighted by molar-refractivity contribution is -0.150. The number of benzene rings is 2. The Labute approximate surface area is 168 Å². The maximum absolute atomic E-state index is 12.4. The number of hydrogen-bond donors (Lipinski definition) is 2. The Balaban J connectivity index is 1.59. The van der Waals surface area contributed by atoms with Gasteiger partial charge >= 0.3 is 5.97 Å². The molecule has 1 heterocycles. The average Bonchev–Trinajstić information content (AvgIpc) is 3.25. The first-order chi connectivity index (χ1) is 14.0. The number of fused-ring (bicyclic) bond motifs is 1. The van der Waals surface area contributed by atoms with Gasteiger partial charge in [0.25, 0.3) is 11.8 Å². The van der Waals surface area contributed by atoms with Gasteiger partial charge in [0.1, 0.15) is 6.04 Å². The van der Waals surface area contributed by atoms with Crippen LogP contribution in [0.3, 0.4) is 0 Å². The van der Waals surface area contributed by atoms with E-state index in [1.807, 2.05) is 36.4 Å². The van der Waals surface area contributed by atoms with Crippen LogP contribution in [0.25, 0.3) is 10.8 Å². The molecule has 1 aromatic heterocycles. The van der Waals surface area contributed by atoms with Gasteiger partial charge in [-0.05, 0) is 29.5 Å². The predicted octanol–water partition coefficient (Wildman–Crippen LogP) is 3.37. The van der Waals surface area contributed by atoms with E-state index in [0.717, 1.165) is 10.8 Å². The summed E-state index contributed by atoms with van der Waals surface area (Å²) in [6.45, 7) is 3.08. The molecule has 2 N–H and O–H groups in total. The van der Waals surface area contributed by atoms with Crippen LogP contribution in [0.15, 0.2) is 65.3 Å². The molecule has 0 unspecified atom stereocenters. The van der Waals surface area contributed by atoms with Gasteiger partial charge in [0.15, 0.2) is 12.4 Å². The van der Waals surface area contributed by atoms with Crippen molar-refractivity contribution in [2.75, 3.05) is 11.9 Å². The minimum atomic E-state index is -0.905. The van der Waals surface area contributed by atoms with Crippen LogP contribution in [-0.2, 0) is 14.3 Å². The lowest BCUT2D eigenvalue weighted by Gasteiger charge is -2.20. The van der Waals surface area contributed by atoms with Gasteiger partial charge in [-0.3, -0.25) is 9.59 Å². The predicted molar refractivity (Wildman–Crippen MR) is 108 cm³/mol. The Morgan fingerprint density at radius 3 is 2.48 bits per heavy atom. The fourth-order valence-electron chi connectivity index (χ4n) is 2.87. The third kappa shape index (κ3) is 5.01. The zero-order chi connectivity index (χ0) is 20.8. The largest absolute Gasteiger partial charge is 0.459 e. The second kappa shape index (κ2) is 9.05. The summed E-state index contributed by atoms with van der Waals surface area (Å²) < 4.78 is 10.2. The Bertz CT molecular complexity index is 1010. The fraction of sp³-hybridized carbons (Fsp3) is 0.227. The van der Waals surface area contributed by atoms with E-state index in [2.05, 4.69) is 10.6 Å². The molecule has 7 heteroatoms. The summed E-state index contributed by atoms with van der Waals surface area (Å²) in [6, 6.07) is 15.4. The van der Waals surface area contributed by atoms with Crippen LogP contribution in [0.1, 0.15) is 24.4 Å². The molecule has 2 aromatic carbocycles. The number of hydrogen-bond acceptors (Lipinski definition) is 5. The van der Waals surface area contributed by atoms with Gasteiger partial charge in [-0.15, -0.1) is 0 Å². The van der Waals surface area contributed by atoms with Crippen molar-refractivity contribution >= 4 is 34.2 Å². The van der Waals surface area contributed by atoms with Crippen molar-refractivity contribution in [2.45, 2.75) is 19.9 Å². The van der Waals surface area contributed by atoms with Gasteiger partial charge in [0.2, 0.25) is 0 Å². The summed E-state index contributed by atoms with van der Waals surface area (Å²) >= 11 is 0. The minimum Gasteiger partial charge on any atom is -0.459 e. The molecule has 1 atom stereocenters. The molecule has 0 saturated heterocycles. The first-order valence-electron chi connectivity index (χ1n) is 9.24. The lowest BCUT2D eigenvalue weighted by atomic mass is 10.0. The second-order valence-corrected chi connectivity index (χ2v) is 6.86. The number of amides is 2. The van der Waals surface area contributed by atoms with Crippen molar-refractivity contribution in [3.05, 3.63) is 66.6 Å². The summed E-state index contributed by atoms with van der Waals surface area (Å²) in [5.74, 6) is -1.81. The van der Waals surface area contributed by atoms with Crippen LogP contribution in [-0.4, -0.2) is 30.4 Å². The number of ether oxygens (including phenoxy) is 1. The monoisotopic (exact) mass is 394 g/mol. The van der Waals surface area contributed by atoms with Crippen molar-refractivity contribution in [1.29, 1.82) is 0 Å². The van der Waals surface area contributed by atoms with Gasteiger partial charge in [-0.25, -0.2) is 4.79 Å². The normalized spacial score (nSPS) is 11.8. The van der Waals surface area contributed by atoms with Crippen LogP contribution >= 0.6 is 0 Å². The second-order valence-electron chi connectivity index (χ2n) is 6.86. The molecule has 0 aliphatic carbocycles. The zero-order valence-corrected chi connectivity index (χ0v) is 16.2. The van der Waals surface area contributed by atoms with E-state index in [9.17, 15) is 14.4 Å². The summed E-state index contributed by atoms with van der Waals surface area (Å²) in [7, 11) is 0. The van der Waals surface area contributed by atoms with E-state index < -0.39 is 30.4 Å². The first-order valence-corrected chi connectivity index (χ1v) is 9.24. The molecule has 0 aliphatic rings. The van der Waals surface area contributed by atoms with Crippen LogP contribution < -0.4 is 10.6 Å². The molecular weight excluding hydrogens is 372 g/mol. The molecule has 7 nitrogen and oxygen atoms in total. The molecule has 0 radical (unpaired) electrons. The van der Waals surface area contributed by atoms with Crippen molar-refractivity contribution in [3.8, 4) is 0 Å². The fourth-order valence-corrected chi connectivity index (χ4v) is 2.87.